The summed E-state index contributed by atoms with van der Waals surface area (Å²) in [4.78, 5) is 1.04. The number of halogens is 1. The molecule has 0 spiro atoms. The molecule has 7 heteroatoms. The minimum atomic E-state index is -3.63. The lowest BCUT2D eigenvalue weighted by Crippen LogP contribution is -2.42. The molecule has 2 aromatic heterocycles. The summed E-state index contributed by atoms with van der Waals surface area (Å²) in [5, 5.41) is 0. The first kappa shape index (κ1) is 17.5. The normalized spacial score (nSPS) is 18.0. The number of fused-ring (bicyclic) bond motifs is 1. The maximum atomic E-state index is 13.4. The predicted molar refractivity (Wildman–Crippen MR) is 100 cm³/mol. The van der Waals surface area contributed by atoms with Gasteiger partial charge < -0.3 is 4.57 Å². The third-order valence-electron chi connectivity index (χ3n) is 4.73. The molecular formula is C19H19FN2O2S2. The number of aryl methyl sites for hydroxylation is 1. The maximum absolute atomic E-state index is 13.4. The summed E-state index contributed by atoms with van der Waals surface area (Å²) >= 11 is 1.32. The van der Waals surface area contributed by atoms with Crippen LogP contribution in [0.2, 0.25) is 0 Å². The third kappa shape index (κ3) is 2.90. The highest BCUT2D eigenvalue weighted by atomic mass is 32.2. The van der Waals surface area contributed by atoms with Crippen molar-refractivity contribution in [3.05, 3.63) is 76.7 Å². The molecule has 3 heterocycles. The van der Waals surface area contributed by atoms with Crippen LogP contribution in [0.1, 0.15) is 29.1 Å². The van der Waals surface area contributed by atoms with Crippen LogP contribution in [-0.2, 0) is 23.0 Å². The Kier molecular flexibility index (Phi) is 4.46. The summed E-state index contributed by atoms with van der Waals surface area (Å²) in [6.07, 6.45) is 2.76. The van der Waals surface area contributed by atoms with E-state index in [0.29, 0.717) is 17.3 Å². The van der Waals surface area contributed by atoms with Gasteiger partial charge in [-0.1, -0.05) is 19.1 Å². The SMILES string of the molecule is CCc1ccc(S(=O)(=O)N2CCn3cccc3C2c2ccc(F)cc2)s1. The fourth-order valence-electron chi connectivity index (χ4n) is 3.41. The Bertz CT molecular complexity index is 1020. The first-order chi connectivity index (χ1) is 12.5. The van der Waals surface area contributed by atoms with Crippen LogP contribution < -0.4 is 0 Å². The monoisotopic (exact) mass is 390 g/mol. The summed E-state index contributed by atoms with van der Waals surface area (Å²) in [7, 11) is -3.63. The van der Waals surface area contributed by atoms with Gasteiger partial charge in [0.1, 0.15) is 10.0 Å². The van der Waals surface area contributed by atoms with E-state index >= 15 is 0 Å². The lowest BCUT2D eigenvalue weighted by atomic mass is 10.0. The molecule has 0 saturated carbocycles. The Balaban J connectivity index is 1.82. The Labute approximate surface area is 156 Å². The fourth-order valence-corrected chi connectivity index (χ4v) is 6.41. The first-order valence-electron chi connectivity index (χ1n) is 8.52. The molecular weight excluding hydrogens is 371 g/mol. The third-order valence-corrected chi connectivity index (χ3v) is 8.29. The minimum Gasteiger partial charge on any atom is -0.348 e. The van der Waals surface area contributed by atoms with Crippen LogP contribution in [0.3, 0.4) is 0 Å². The molecule has 0 bridgehead atoms. The molecule has 0 fully saturated rings. The Morgan fingerprint density at radius 3 is 2.58 bits per heavy atom. The molecule has 3 aromatic rings. The predicted octanol–water partition coefficient (Wildman–Crippen LogP) is 4.05. The van der Waals surface area contributed by atoms with E-state index in [4.69, 9.17) is 0 Å². The van der Waals surface area contributed by atoms with Gasteiger partial charge in [-0.05, 0) is 48.4 Å². The van der Waals surface area contributed by atoms with Gasteiger partial charge >= 0.3 is 0 Å². The zero-order valence-electron chi connectivity index (χ0n) is 14.3. The summed E-state index contributed by atoms with van der Waals surface area (Å²) in [6.45, 7) is 2.99. The van der Waals surface area contributed by atoms with Crippen LogP contribution in [0.25, 0.3) is 0 Å². The van der Waals surface area contributed by atoms with E-state index in [-0.39, 0.29) is 5.82 Å². The zero-order valence-corrected chi connectivity index (χ0v) is 15.9. The van der Waals surface area contributed by atoms with Crippen molar-refractivity contribution >= 4 is 21.4 Å². The van der Waals surface area contributed by atoms with Crippen molar-refractivity contribution in [2.75, 3.05) is 6.54 Å². The second-order valence-corrected chi connectivity index (χ2v) is 9.56. The summed E-state index contributed by atoms with van der Waals surface area (Å²) in [5.74, 6) is -0.333. The highest BCUT2D eigenvalue weighted by molar-refractivity contribution is 7.91. The number of aromatic nitrogens is 1. The van der Waals surface area contributed by atoms with Crippen molar-refractivity contribution in [3.8, 4) is 0 Å². The Morgan fingerprint density at radius 1 is 1.12 bits per heavy atom. The minimum absolute atomic E-state index is 0.333. The maximum Gasteiger partial charge on any atom is 0.253 e. The molecule has 0 saturated heterocycles. The number of thiophene rings is 1. The van der Waals surface area contributed by atoms with E-state index < -0.39 is 16.1 Å². The van der Waals surface area contributed by atoms with Gasteiger partial charge in [0.15, 0.2) is 0 Å². The van der Waals surface area contributed by atoms with Crippen molar-refractivity contribution < 1.29 is 12.8 Å². The second kappa shape index (κ2) is 6.64. The van der Waals surface area contributed by atoms with Crippen LogP contribution in [0.5, 0.6) is 0 Å². The van der Waals surface area contributed by atoms with Crippen LogP contribution in [0.15, 0.2) is 58.9 Å². The largest absolute Gasteiger partial charge is 0.348 e. The fraction of sp³-hybridized carbons (Fsp3) is 0.263. The van der Waals surface area contributed by atoms with Gasteiger partial charge in [0.05, 0.1) is 6.04 Å². The number of sulfonamides is 1. The number of rotatable bonds is 4. The lowest BCUT2D eigenvalue weighted by molar-refractivity contribution is 0.299. The molecule has 4 rings (SSSR count). The highest BCUT2D eigenvalue weighted by Crippen LogP contribution is 2.38. The van der Waals surface area contributed by atoms with E-state index in [2.05, 4.69) is 4.57 Å². The van der Waals surface area contributed by atoms with Crippen molar-refractivity contribution in [1.82, 2.24) is 8.87 Å². The van der Waals surface area contributed by atoms with Crippen molar-refractivity contribution in [1.29, 1.82) is 0 Å². The first-order valence-corrected chi connectivity index (χ1v) is 10.8. The topological polar surface area (TPSA) is 42.3 Å². The average Bonchev–Trinajstić information content (AvgIpc) is 3.31. The van der Waals surface area contributed by atoms with Crippen molar-refractivity contribution in [3.63, 3.8) is 0 Å². The molecule has 0 aliphatic carbocycles. The number of nitrogens with zero attached hydrogens (tertiary/aromatic N) is 2. The van der Waals surface area contributed by atoms with Crippen LogP contribution in [-0.4, -0.2) is 23.8 Å². The molecule has 4 nitrogen and oxygen atoms in total. The van der Waals surface area contributed by atoms with Gasteiger partial charge in [-0.3, -0.25) is 0 Å². The molecule has 0 N–H and O–H groups in total. The molecule has 136 valence electrons. The smallest absolute Gasteiger partial charge is 0.253 e. The highest BCUT2D eigenvalue weighted by Gasteiger charge is 2.38. The van der Waals surface area contributed by atoms with E-state index in [1.165, 1.54) is 23.5 Å². The van der Waals surface area contributed by atoms with Crippen LogP contribution in [0.4, 0.5) is 4.39 Å². The molecule has 1 aromatic carbocycles. The molecule has 1 atom stereocenters. The average molecular weight is 391 g/mol. The molecule has 1 aliphatic rings. The Hall–Kier alpha value is -1.96. The van der Waals surface area contributed by atoms with Gasteiger partial charge in [-0.2, -0.15) is 4.31 Å². The van der Waals surface area contributed by atoms with Gasteiger partial charge in [-0.25, -0.2) is 12.8 Å². The van der Waals surface area contributed by atoms with E-state index in [9.17, 15) is 12.8 Å². The quantitative estimate of drug-likeness (QED) is 0.675. The van der Waals surface area contributed by atoms with Crippen molar-refractivity contribution in [2.45, 2.75) is 30.1 Å². The number of hydrogen-bond acceptors (Lipinski definition) is 3. The second-order valence-electron chi connectivity index (χ2n) is 6.27. The van der Waals surface area contributed by atoms with Crippen LogP contribution >= 0.6 is 11.3 Å². The van der Waals surface area contributed by atoms with Gasteiger partial charge in [-0.15, -0.1) is 11.3 Å². The Morgan fingerprint density at radius 2 is 1.88 bits per heavy atom. The lowest BCUT2D eigenvalue weighted by Gasteiger charge is -2.36. The molecule has 26 heavy (non-hydrogen) atoms. The summed E-state index contributed by atoms with van der Waals surface area (Å²) in [6, 6.07) is 13.0. The molecule has 0 radical (unpaired) electrons. The number of hydrogen-bond donors (Lipinski definition) is 0. The number of benzene rings is 1. The van der Waals surface area contributed by atoms with E-state index in [1.54, 1.807) is 22.5 Å². The van der Waals surface area contributed by atoms with Gasteiger partial charge in [0.25, 0.3) is 10.0 Å². The summed E-state index contributed by atoms with van der Waals surface area (Å²) < 4.78 is 44.1. The standard InChI is InChI=1S/C19H19FN2O2S2/c1-2-16-9-10-18(25-16)26(23,24)22-13-12-21-11-3-4-17(21)19(22)14-5-7-15(20)8-6-14/h3-11,19H,2,12-13H2,1H3. The molecule has 0 amide bonds. The van der Waals surface area contributed by atoms with Crippen molar-refractivity contribution in [2.24, 2.45) is 0 Å². The summed E-state index contributed by atoms with van der Waals surface area (Å²) in [5.41, 5.74) is 1.67. The molecule has 1 unspecified atom stereocenters. The molecule has 1 aliphatic heterocycles. The van der Waals surface area contributed by atoms with E-state index in [1.807, 2.05) is 31.3 Å². The van der Waals surface area contributed by atoms with Crippen LogP contribution in [0, 0.1) is 5.82 Å². The van der Waals surface area contributed by atoms with Gasteiger partial charge in [0, 0.05) is 29.9 Å². The van der Waals surface area contributed by atoms with E-state index in [0.717, 1.165) is 22.6 Å². The van der Waals surface area contributed by atoms with Gasteiger partial charge in [0.2, 0.25) is 0 Å². The zero-order chi connectivity index (χ0) is 18.3.